The summed E-state index contributed by atoms with van der Waals surface area (Å²) in [5.41, 5.74) is 1.46. The van der Waals surface area contributed by atoms with Gasteiger partial charge in [0.05, 0.1) is 16.9 Å². The number of carbonyl (C=O) groups excluding carboxylic acids is 2. The van der Waals surface area contributed by atoms with Crippen molar-refractivity contribution >= 4 is 51.4 Å². The van der Waals surface area contributed by atoms with Gasteiger partial charge in [0.1, 0.15) is 22.6 Å². The Bertz CT molecular complexity index is 1210. The average Bonchev–Trinajstić information content (AvgIpc) is 3.29. The predicted molar refractivity (Wildman–Crippen MR) is 137 cm³/mol. The number of aromatic nitrogens is 3. The molecule has 0 atom stereocenters. The molecule has 0 radical (unpaired) electrons. The Morgan fingerprint density at radius 1 is 1.23 bits per heavy atom. The first-order chi connectivity index (χ1) is 16.8. The molecule has 1 aliphatic heterocycles. The maximum atomic E-state index is 12.7. The van der Waals surface area contributed by atoms with Gasteiger partial charge in [-0.1, -0.05) is 42.0 Å². The summed E-state index contributed by atoms with van der Waals surface area (Å²) >= 11 is 7.42. The van der Waals surface area contributed by atoms with Crippen LogP contribution in [0, 0.1) is 13.8 Å². The lowest BCUT2D eigenvalue weighted by Crippen LogP contribution is -2.41. The van der Waals surface area contributed by atoms with Crippen molar-refractivity contribution in [2.75, 3.05) is 23.7 Å². The van der Waals surface area contributed by atoms with E-state index in [9.17, 15) is 9.59 Å². The maximum Gasteiger partial charge on any atom is 0.267 e. The number of halogens is 1. The Hall–Kier alpha value is -3.24. The second-order valence-electron chi connectivity index (χ2n) is 8.23. The van der Waals surface area contributed by atoms with E-state index >= 15 is 0 Å². The third-order valence-electron chi connectivity index (χ3n) is 5.62. The smallest absolute Gasteiger partial charge is 0.267 e. The molecule has 2 N–H and O–H groups in total. The van der Waals surface area contributed by atoms with Crippen molar-refractivity contribution in [1.29, 1.82) is 0 Å². The molecular weight excluding hydrogens is 488 g/mol. The molecule has 0 spiro atoms. The highest BCUT2D eigenvalue weighted by molar-refractivity contribution is 7.17. The topological polar surface area (TPSA) is 109 Å². The van der Waals surface area contributed by atoms with Crippen LogP contribution in [0.4, 0.5) is 16.6 Å². The number of carbonyl (C=O) groups is 2. The van der Waals surface area contributed by atoms with Gasteiger partial charge in [-0.05, 0) is 25.5 Å². The van der Waals surface area contributed by atoms with Crippen LogP contribution < -0.4 is 15.4 Å². The van der Waals surface area contributed by atoms with Crippen LogP contribution in [-0.2, 0) is 4.79 Å². The van der Waals surface area contributed by atoms with E-state index < -0.39 is 0 Å². The van der Waals surface area contributed by atoms with Crippen molar-refractivity contribution in [2.24, 2.45) is 0 Å². The minimum atomic E-state index is -0.289. The second kappa shape index (κ2) is 11.0. The highest BCUT2D eigenvalue weighted by atomic mass is 35.5. The highest BCUT2D eigenvalue weighted by Crippen LogP contribution is 2.28. The lowest BCUT2D eigenvalue weighted by molar-refractivity contribution is -0.132. The van der Waals surface area contributed by atoms with Crippen molar-refractivity contribution in [1.82, 2.24) is 19.9 Å². The molecule has 2 aromatic heterocycles. The van der Waals surface area contributed by atoms with Gasteiger partial charge in [0.2, 0.25) is 11.8 Å². The van der Waals surface area contributed by atoms with E-state index in [0.29, 0.717) is 57.8 Å². The third-order valence-corrected chi connectivity index (χ3v) is 6.85. The molecule has 1 fully saturated rings. The summed E-state index contributed by atoms with van der Waals surface area (Å²) < 4.78 is 6.09. The zero-order chi connectivity index (χ0) is 24.9. The number of ether oxygens (including phenoxy) is 1. The number of hydrogen-bond donors (Lipinski definition) is 2. The number of aryl methyl sites for hydroxylation is 2. The van der Waals surface area contributed by atoms with E-state index in [-0.39, 0.29) is 17.9 Å². The van der Waals surface area contributed by atoms with Crippen molar-refractivity contribution in [3.05, 3.63) is 51.7 Å². The van der Waals surface area contributed by atoms with Gasteiger partial charge in [-0.3, -0.25) is 9.59 Å². The van der Waals surface area contributed by atoms with Crippen LogP contribution in [0.5, 0.6) is 5.88 Å². The summed E-state index contributed by atoms with van der Waals surface area (Å²) in [6.45, 7) is 6.91. The second-order valence-corrected chi connectivity index (χ2v) is 9.67. The van der Waals surface area contributed by atoms with Crippen molar-refractivity contribution in [3.63, 3.8) is 0 Å². The summed E-state index contributed by atoms with van der Waals surface area (Å²) in [7, 11) is 0. The minimum Gasteiger partial charge on any atom is -0.474 e. The number of likely N-dealkylation sites (tertiary alicyclic amines) is 1. The number of para-hydroxylation sites is 1. The predicted octanol–water partition coefficient (Wildman–Crippen LogP) is 4.98. The quantitative estimate of drug-likeness (QED) is 0.457. The number of piperidine rings is 1. The van der Waals surface area contributed by atoms with Gasteiger partial charge in [-0.25, -0.2) is 9.97 Å². The zero-order valence-electron chi connectivity index (χ0n) is 19.8. The molecule has 1 aromatic carbocycles. The molecule has 11 heteroatoms. The van der Waals surface area contributed by atoms with Crippen molar-refractivity contribution in [3.8, 4) is 5.88 Å². The van der Waals surface area contributed by atoms with Gasteiger partial charge in [-0.15, -0.1) is 0 Å². The fourth-order valence-electron chi connectivity index (χ4n) is 3.79. The molecule has 184 valence electrons. The zero-order valence-corrected chi connectivity index (χ0v) is 21.4. The van der Waals surface area contributed by atoms with Crippen LogP contribution in [0.2, 0.25) is 5.02 Å². The first kappa shape index (κ1) is 24.9. The standard InChI is InChI=1S/C24H27ClN6O3S/c1-4-21(32)31-10-8-16(9-11-31)34-20-12-19(27-15(3)28-20)29-24-26-13-18(35-24)23(33)30-22-14(2)6-5-7-17(22)25/h5-7,12-13,16H,4,8-11H2,1-3H3,(H,30,33)(H,26,27,28,29). The van der Waals surface area contributed by atoms with E-state index in [0.717, 1.165) is 18.4 Å². The molecule has 0 bridgehead atoms. The Morgan fingerprint density at radius 3 is 2.71 bits per heavy atom. The Labute approximate surface area is 212 Å². The van der Waals surface area contributed by atoms with E-state index in [4.69, 9.17) is 16.3 Å². The Balaban J connectivity index is 1.39. The number of nitrogens with one attached hydrogen (secondary N) is 2. The van der Waals surface area contributed by atoms with Gasteiger partial charge >= 0.3 is 0 Å². The molecule has 4 rings (SSSR count). The van der Waals surface area contributed by atoms with E-state index in [1.807, 2.05) is 30.9 Å². The SMILES string of the molecule is CCC(=O)N1CCC(Oc2cc(Nc3ncc(C(=O)Nc4c(C)cccc4Cl)s3)nc(C)n2)CC1. The molecule has 1 aliphatic rings. The van der Waals surface area contributed by atoms with Crippen LogP contribution in [0.1, 0.15) is 47.2 Å². The van der Waals surface area contributed by atoms with Gasteiger partial charge in [0, 0.05) is 38.4 Å². The van der Waals surface area contributed by atoms with E-state index in [1.54, 1.807) is 19.1 Å². The summed E-state index contributed by atoms with van der Waals surface area (Å²) in [5.74, 6) is 1.42. The number of rotatable bonds is 7. The molecule has 9 nitrogen and oxygen atoms in total. The molecule has 0 saturated carbocycles. The van der Waals surface area contributed by atoms with Crippen LogP contribution in [0.15, 0.2) is 30.5 Å². The van der Waals surface area contributed by atoms with Crippen LogP contribution in [0.25, 0.3) is 0 Å². The fraction of sp³-hybridized carbons (Fsp3) is 0.375. The van der Waals surface area contributed by atoms with Crippen LogP contribution in [-0.4, -0.2) is 50.9 Å². The monoisotopic (exact) mass is 514 g/mol. The maximum absolute atomic E-state index is 12.7. The first-order valence-electron chi connectivity index (χ1n) is 11.4. The summed E-state index contributed by atoms with van der Waals surface area (Å²) in [6, 6.07) is 7.16. The summed E-state index contributed by atoms with van der Waals surface area (Å²) in [6.07, 6.45) is 3.53. The van der Waals surface area contributed by atoms with Crippen molar-refractivity contribution < 1.29 is 14.3 Å². The molecule has 2 amide bonds. The highest BCUT2D eigenvalue weighted by Gasteiger charge is 2.23. The first-order valence-corrected chi connectivity index (χ1v) is 12.6. The normalized spacial score (nSPS) is 14.0. The largest absolute Gasteiger partial charge is 0.474 e. The summed E-state index contributed by atoms with van der Waals surface area (Å²) in [5, 5.41) is 6.98. The van der Waals surface area contributed by atoms with Crippen LogP contribution >= 0.6 is 22.9 Å². The number of nitrogens with zero attached hydrogens (tertiary/aromatic N) is 4. The van der Waals surface area contributed by atoms with Crippen molar-refractivity contribution in [2.45, 2.75) is 46.1 Å². The Kier molecular flexibility index (Phi) is 7.82. The molecule has 3 heterocycles. The summed E-state index contributed by atoms with van der Waals surface area (Å²) in [4.78, 5) is 40.0. The molecule has 0 unspecified atom stereocenters. The fourth-order valence-corrected chi connectivity index (χ4v) is 4.78. The Morgan fingerprint density at radius 2 is 2.00 bits per heavy atom. The van der Waals surface area contributed by atoms with Crippen LogP contribution in [0.3, 0.4) is 0 Å². The molecular formula is C24H27ClN6O3S. The van der Waals surface area contributed by atoms with Gasteiger partial charge in [0.15, 0.2) is 5.13 Å². The van der Waals surface area contributed by atoms with E-state index in [2.05, 4.69) is 25.6 Å². The van der Waals surface area contributed by atoms with E-state index in [1.165, 1.54) is 17.5 Å². The molecule has 3 aromatic rings. The number of thiazole rings is 1. The minimum absolute atomic E-state index is 0.0125. The molecule has 35 heavy (non-hydrogen) atoms. The number of anilines is 3. The number of amides is 2. The van der Waals surface area contributed by atoms with Gasteiger partial charge in [0.25, 0.3) is 5.91 Å². The lowest BCUT2D eigenvalue weighted by atomic mass is 10.1. The molecule has 1 saturated heterocycles. The number of hydrogen-bond acceptors (Lipinski definition) is 8. The third kappa shape index (κ3) is 6.26. The molecule has 0 aliphatic carbocycles. The lowest BCUT2D eigenvalue weighted by Gasteiger charge is -2.31. The van der Waals surface area contributed by atoms with Gasteiger partial charge in [-0.2, -0.15) is 4.98 Å². The average molecular weight is 515 g/mol. The van der Waals surface area contributed by atoms with Gasteiger partial charge < -0.3 is 20.3 Å². The number of benzene rings is 1.